The van der Waals surface area contributed by atoms with Crippen LogP contribution in [0.2, 0.25) is 0 Å². The van der Waals surface area contributed by atoms with Crippen LogP contribution in [0.1, 0.15) is 22.3 Å². The number of benzene rings is 10. The van der Waals surface area contributed by atoms with Crippen LogP contribution in [0.25, 0.3) is 95.0 Å². The summed E-state index contributed by atoms with van der Waals surface area (Å²) < 4.78 is 2.23. The van der Waals surface area contributed by atoms with Crippen LogP contribution >= 0.6 is 0 Å². The predicted molar refractivity (Wildman–Crippen MR) is 279 cm³/mol. The monoisotopic (exact) mass is 866 g/mol. The number of hydrogen-bond acceptors (Lipinski definition) is 3. The van der Waals surface area contributed by atoms with Crippen LogP contribution in [0.15, 0.2) is 255 Å². The van der Waals surface area contributed by atoms with Crippen molar-refractivity contribution in [2.75, 3.05) is 0 Å². The van der Waals surface area contributed by atoms with Crippen LogP contribution < -0.4 is 0 Å². The van der Waals surface area contributed by atoms with Crippen LogP contribution in [0.4, 0.5) is 0 Å². The molecule has 4 nitrogen and oxygen atoms in total. The molecule has 13 rings (SSSR count). The molecule has 318 valence electrons. The Hall–Kier alpha value is -8.99. The molecule has 0 N–H and O–H groups in total. The number of hydrogen-bond donors (Lipinski definition) is 0. The first-order valence-electron chi connectivity index (χ1n) is 23.2. The molecule has 1 aliphatic carbocycles. The molecule has 0 saturated heterocycles. The van der Waals surface area contributed by atoms with Gasteiger partial charge >= 0.3 is 0 Å². The summed E-state index contributed by atoms with van der Waals surface area (Å²) in [5, 5.41) is 2.25. The van der Waals surface area contributed by atoms with E-state index in [1.165, 1.54) is 33.4 Å². The molecule has 0 unspecified atom stereocenters. The van der Waals surface area contributed by atoms with E-state index in [9.17, 15) is 0 Å². The van der Waals surface area contributed by atoms with Crippen LogP contribution in [0.3, 0.4) is 0 Å². The second kappa shape index (κ2) is 16.2. The summed E-state index contributed by atoms with van der Waals surface area (Å²) in [6.45, 7) is 0. The highest BCUT2D eigenvalue weighted by molar-refractivity contribution is 6.10. The van der Waals surface area contributed by atoms with Gasteiger partial charge in [-0.15, -0.1) is 0 Å². The van der Waals surface area contributed by atoms with Gasteiger partial charge in [-0.1, -0.05) is 231 Å². The van der Waals surface area contributed by atoms with E-state index in [-0.39, 0.29) is 0 Å². The van der Waals surface area contributed by atoms with Crippen LogP contribution in [-0.4, -0.2) is 19.5 Å². The summed E-state index contributed by atoms with van der Waals surface area (Å²) in [5.74, 6) is 1.76. The Labute approximate surface area is 395 Å². The Morgan fingerprint density at radius 2 is 0.794 bits per heavy atom. The van der Waals surface area contributed by atoms with Gasteiger partial charge in [0.15, 0.2) is 11.6 Å². The molecule has 1 aliphatic rings. The first-order valence-corrected chi connectivity index (χ1v) is 23.2. The topological polar surface area (TPSA) is 43.6 Å². The number of para-hydroxylation sites is 1. The highest BCUT2D eigenvalue weighted by Crippen LogP contribution is 2.56. The SMILES string of the molecule is c1ccc(-c2cccc(-c3nc(-c4ccccc4-c4ccccc4)nc(-n4c5ccccc5c5ccc(-c6ccc7c(c6)C(c6ccccc6)(c6ccccc6)c6ccccc6-7)cc54)n3)c2)cc1. The molecule has 0 atom stereocenters. The molecule has 0 aliphatic heterocycles. The summed E-state index contributed by atoms with van der Waals surface area (Å²) in [5.41, 5.74) is 17.6. The molecular weight excluding hydrogens is 825 g/mol. The molecule has 12 aromatic rings. The highest BCUT2D eigenvalue weighted by Gasteiger charge is 2.46. The molecule has 68 heavy (non-hydrogen) atoms. The van der Waals surface area contributed by atoms with E-state index in [1.807, 2.05) is 12.1 Å². The van der Waals surface area contributed by atoms with Gasteiger partial charge in [0.05, 0.1) is 16.4 Å². The van der Waals surface area contributed by atoms with E-state index < -0.39 is 5.41 Å². The average molecular weight is 867 g/mol. The van der Waals surface area contributed by atoms with Crippen molar-refractivity contribution >= 4 is 21.8 Å². The van der Waals surface area contributed by atoms with E-state index in [4.69, 9.17) is 15.0 Å². The minimum Gasteiger partial charge on any atom is -0.278 e. The number of aromatic nitrogens is 4. The first kappa shape index (κ1) is 39.4. The molecule has 10 aromatic carbocycles. The Balaban J connectivity index is 1.04. The predicted octanol–water partition coefficient (Wildman–Crippen LogP) is 15.7. The molecule has 0 spiro atoms. The fraction of sp³-hybridized carbons (Fsp3) is 0.0156. The van der Waals surface area contributed by atoms with Gasteiger partial charge in [0.2, 0.25) is 5.95 Å². The van der Waals surface area contributed by atoms with Crippen molar-refractivity contribution < 1.29 is 0 Å². The Morgan fingerprint density at radius 3 is 1.54 bits per heavy atom. The van der Waals surface area contributed by atoms with Crippen molar-refractivity contribution in [1.29, 1.82) is 0 Å². The molecule has 0 amide bonds. The summed E-state index contributed by atoms with van der Waals surface area (Å²) in [4.78, 5) is 16.2. The Morgan fingerprint density at radius 1 is 0.279 bits per heavy atom. The fourth-order valence-electron chi connectivity index (χ4n) is 10.7. The molecule has 0 radical (unpaired) electrons. The zero-order chi connectivity index (χ0) is 45.0. The van der Waals surface area contributed by atoms with Crippen LogP contribution in [0, 0.1) is 0 Å². The number of fused-ring (bicyclic) bond motifs is 6. The van der Waals surface area contributed by atoms with E-state index in [2.05, 4.69) is 247 Å². The van der Waals surface area contributed by atoms with Gasteiger partial charge in [-0.3, -0.25) is 4.57 Å². The zero-order valence-corrected chi connectivity index (χ0v) is 37.0. The quantitative estimate of drug-likeness (QED) is 0.153. The smallest absolute Gasteiger partial charge is 0.238 e. The second-order valence-corrected chi connectivity index (χ2v) is 17.5. The van der Waals surface area contributed by atoms with Crippen molar-refractivity contribution in [3.63, 3.8) is 0 Å². The molecule has 0 saturated carbocycles. The van der Waals surface area contributed by atoms with Crippen LogP contribution in [-0.2, 0) is 5.41 Å². The van der Waals surface area contributed by atoms with Crippen molar-refractivity contribution in [3.05, 3.63) is 277 Å². The van der Waals surface area contributed by atoms with E-state index in [1.54, 1.807) is 0 Å². The van der Waals surface area contributed by atoms with Crippen molar-refractivity contribution in [2.45, 2.75) is 5.41 Å². The van der Waals surface area contributed by atoms with Gasteiger partial charge in [0, 0.05) is 21.9 Å². The van der Waals surface area contributed by atoms with E-state index in [0.717, 1.165) is 66.3 Å². The van der Waals surface area contributed by atoms with Gasteiger partial charge in [-0.05, 0) is 91.0 Å². The minimum atomic E-state index is -0.505. The normalized spacial score (nSPS) is 12.5. The van der Waals surface area contributed by atoms with E-state index in [0.29, 0.717) is 17.6 Å². The second-order valence-electron chi connectivity index (χ2n) is 17.5. The fourth-order valence-corrected chi connectivity index (χ4v) is 10.7. The van der Waals surface area contributed by atoms with Gasteiger partial charge in [0.1, 0.15) is 0 Å². The lowest BCUT2D eigenvalue weighted by Gasteiger charge is -2.34. The molecule has 4 heteroatoms. The largest absolute Gasteiger partial charge is 0.278 e. The molecule has 2 heterocycles. The Bertz CT molecular complexity index is 3800. The maximum Gasteiger partial charge on any atom is 0.238 e. The summed E-state index contributed by atoms with van der Waals surface area (Å²) >= 11 is 0. The molecule has 0 bridgehead atoms. The molecule has 2 aromatic heterocycles. The van der Waals surface area contributed by atoms with Crippen molar-refractivity contribution in [2.24, 2.45) is 0 Å². The van der Waals surface area contributed by atoms with E-state index >= 15 is 0 Å². The van der Waals surface area contributed by atoms with Gasteiger partial charge in [-0.25, -0.2) is 4.98 Å². The minimum absolute atomic E-state index is 0.505. The van der Waals surface area contributed by atoms with Crippen LogP contribution in [0.5, 0.6) is 0 Å². The molecular formula is C64H42N4. The van der Waals surface area contributed by atoms with Gasteiger partial charge in [0.25, 0.3) is 0 Å². The van der Waals surface area contributed by atoms with Gasteiger partial charge < -0.3 is 0 Å². The zero-order valence-electron chi connectivity index (χ0n) is 37.0. The maximum absolute atomic E-state index is 5.44. The average Bonchev–Trinajstić information content (AvgIpc) is 3.92. The summed E-state index contributed by atoms with van der Waals surface area (Å²) in [6.07, 6.45) is 0. The van der Waals surface area contributed by atoms with Crippen molar-refractivity contribution in [1.82, 2.24) is 19.5 Å². The summed E-state index contributed by atoms with van der Waals surface area (Å²) in [7, 11) is 0. The first-order chi connectivity index (χ1) is 33.7. The maximum atomic E-state index is 5.44. The highest BCUT2D eigenvalue weighted by atomic mass is 15.2. The molecule has 0 fully saturated rings. The lowest BCUT2D eigenvalue weighted by Crippen LogP contribution is -2.28. The third-order valence-electron chi connectivity index (χ3n) is 13.8. The summed E-state index contributed by atoms with van der Waals surface area (Å²) in [6, 6.07) is 91.3. The standard InChI is InChI=1S/C64H42N4/c1-5-20-43(21-6-1)45-24-19-25-48(40-45)61-65-62(56-33-14-13-30-51(56)44-22-7-2-8-23-44)67-63(66-61)68-59-35-18-16-32-54(59)55-39-37-47(42-60(55)68)46-36-38-53-52-31-15-17-34-57(52)64(58(53)41-46,49-26-9-3-10-27-49)50-28-11-4-12-29-50/h1-42H. The number of nitrogens with zero attached hydrogens (tertiary/aromatic N) is 4. The number of rotatable bonds is 8. The van der Waals surface area contributed by atoms with Crippen molar-refractivity contribution in [3.8, 4) is 73.2 Å². The lowest BCUT2D eigenvalue weighted by molar-refractivity contribution is 0.769. The van der Waals surface area contributed by atoms with Gasteiger partial charge in [-0.2, -0.15) is 9.97 Å². The lowest BCUT2D eigenvalue weighted by atomic mass is 9.67. The third kappa shape index (κ3) is 6.34. The third-order valence-corrected chi connectivity index (χ3v) is 13.8. The Kier molecular flexibility index (Phi) is 9.36.